The molecule has 1 N–H and O–H groups in total. The first-order chi connectivity index (χ1) is 12.3. The predicted octanol–water partition coefficient (Wildman–Crippen LogP) is 2.91. The molecule has 6 heteroatoms. The molecule has 3 aromatic rings. The average molecular weight is 352 g/mol. The number of hydrogen-bond donors (Lipinski definition) is 1. The Morgan fingerprint density at radius 1 is 1.20 bits per heavy atom. The van der Waals surface area contributed by atoms with Crippen molar-refractivity contribution in [3.8, 4) is 5.69 Å². The van der Waals surface area contributed by atoms with Gasteiger partial charge in [-0.15, -0.1) is 0 Å². The Morgan fingerprint density at radius 3 is 2.72 bits per heavy atom. The van der Waals surface area contributed by atoms with E-state index in [4.69, 9.17) is 0 Å². The number of fused-ring (bicyclic) bond motifs is 4. The summed E-state index contributed by atoms with van der Waals surface area (Å²) in [5.41, 5.74) is 1.65. The summed E-state index contributed by atoms with van der Waals surface area (Å²) in [6.07, 6.45) is 6.43. The lowest BCUT2D eigenvalue weighted by Crippen LogP contribution is -2.57. The van der Waals surface area contributed by atoms with Crippen molar-refractivity contribution in [2.24, 2.45) is 5.92 Å². The Hall–Kier alpha value is -2.18. The number of aromatic nitrogens is 2. The van der Waals surface area contributed by atoms with Crippen LogP contribution in [0.5, 0.6) is 0 Å². The summed E-state index contributed by atoms with van der Waals surface area (Å²) < 4.78 is 7.56. The second kappa shape index (κ2) is 5.97. The molecule has 0 saturated carbocycles. The molecule has 3 aliphatic heterocycles. The number of amides is 1. The molecule has 3 aliphatic rings. The molecule has 1 amide bonds. The highest BCUT2D eigenvalue weighted by molar-refractivity contribution is 7.13. The van der Waals surface area contributed by atoms with Crippen molar-refractivity contribution in [1.82, 2.24) is 19.2 Å². The van der Waals surface area contributed by atoms with Gasteiger partial charge in [0, 0.05) is 36.1 Å². The molecular formula is C19H20N4OS. The maximum Gasteiger partial charge on any atom is 0.271 e. The van der Waals surface area contributed by atoms with Crippen molar-refractivity contribution < 1.29 is 4.79 Å². The van der Waals surface area contributed by atoms with Crippen LogP contribution in [0.4, 0.5) is 0 Å². The van der Waals surface area contributed by atoms with Gasteiger partial charge in [-0.2, -0.15) is 4.37 Å². The predicted molar refractivity (Wildman–Crippen MR) is 99.4 cm³/mol. The zero-order chi connectivity index (χ0) is 16.8. The fourth-order valence-corrected chi connectivity index (χ4v) is 4.93. The van der Waals surface area contributed by atoms with E-state index in [1.165, 1.54) is 37.5 Å². The van der Waals surface area contributed by atoms with Crippen molar-refractivity contribution in [1.29, 1.82) is 0 Å². The smallest absolute Gasteiger partial charge is 0.271 e. The number of benzene rings is 1. The van der Waals surface area contributed by atoms with Crippen LogP contribution < -0.4 is 5.32 Å². The third kappa shape index (κ3) is 2.65. The van der Waals surface area contributed by atoms with Crippen molar-refractivity contribution in [2.45, 2.75) is 18.9 Å². The molecule has 0 unspecified atom stereocenters. The zero-order valence-corrected chi connectivity index (χ0v) is 14.7. The van der Waals surface area contributed by atoms with Crippen molar-refractivity contribution in [3.05, 3.63) is 48.4 Å². The van der Waals surface area contributed by atoms with Crippen molar-refractivity contribution in [2.75, 3.05) is 19.6 Å². The number of nitrogens with one attached hydrogen (secondary N) is 1. The Balaban J connectivity index is 1.40. The maximum absolute atomic E-state index is 12.8. The maximum atomic E-state index is 12.8. The molecule has 0 aliphatic carbocycles. The van der Waals surface area contributed by atoms with E-state index >= 15 is 0 Å². The minimum absolute atomic E-state index is 0.0290. The summed E-state index contributed by atoms with van der Waals surface area (Å²) in [7, 11) is 0. The van der Waals surface area contributed by atoms with Crippen LogP contribution >= 0.6 is 11.5 Å². The number of hydrogen-bond acceptors (Lipinski definition) is 4. The lowest BCUT2D eigenvalue weighted by molar-refractivity contribution is 0.0619. The molecule has 0 radical (unpaired) electrons. The molecular weight excluding hydrogens is 332 g/mol. The summed E-state index contributed by atoms with van der Waals surface area (Å²) in [5.74, 6) is 0.595. The van der Waals surface area contributed by atoms with Gasteiger partial charge in [0.2, 0.25) is 0 Å². The zero-order valence-electron chi connectivity index (χ0n) is 13.9. The highest BCUT2D eigenvalue weighted by Gasteiger charge is 2.35. The summed E-state index contributed by atoms with van der Waals surface area (Å²) in [4.78, 5) is 15.2. The highest BCUT2D eigenvalue weighted by Crippen LogP contribution is 2.29. The molecule has 3 saturated heterocycles. The number of carbonyl (C=O) groups excluding carboxylic acids is 1. The summed E-state index contributed by atoms with van der Waals surface area (Å²) in [6.45, 7) is 3.34. The molecule has 1 atom stereocenters. The molecule has 2 bridgehead atoms. The largest absolute Gasteiger partial charge is 0.346 e. The molecule has 25 heavy (non-hydrogen) atoms. The van der Waals surface area contributed by atoms with Gasteiger partial charge in [-0.3, -0.25) is 4.79 Å². The van der Waals surface area contributed by atoms with Crippen LogP contribution in [0.3, 0.4) is 0 Å². The van der Waals surface area contributed by atoms with E-state index < -0.39 is 0 Å². The van der Waals surface area contributed by atoms with E-state index in [9.17, 15) is 4.79 Å². The Bertz CT molecular complexity index is 909. The minimum Gasteiger partial charge on any atom is -0.346 e. The second-order valence-corrected chi connectivity index (χ2v) is 7.82. The van der Waals surface area contributed by atoms with Crippen LogP contribution in [0.15, 0.2) is 42.7 Å². The van der Waals surface area contributed by atoms with Gasteiger partial charge in [-0.1, -0.05) is 0 Å². The number of rotatable bonds is 3. The standard InChI is InChI=1S/C19H20N4OS/c24-19(20-16-12-22-9-5-13(16)6-10-22)18-15-4-3-14(11-17(15)25-21-18)23-7-1-2-8-23/h1-4,7-8,11,13,16H,5-6,9-10,12H2,(H,20,24)/t16-/m1/s1. The van der Waals surface area contributed by atoms with E-state index in [0.717, 1.165) is 22.3 Å². The monoisotopic (exact) mass is 352 g/mol. The quantitative estimate of drug-likeness (QED) is 0.788. The highest BCUT2D eigenvalue weighted by atomic mass is 32.1. The number of carbonyl (C=O) groups is 1. The van der Waals surface area contributed by atoms with Gasteiger partial charge >= 0.3 is 0 Å². The van der Waals surface area contributed by atoms with Crippen LogP contribution in [0.1, 0.15) is 23.3 Å². The topological polar surface area (TPSA) is 50.2 Å². The van der Waals surface area contributed by atoms with Crippen molar-refractivity contribution >= 4 is 27.5 Å². The van der Waals surface area contributed by atoms with Gasteiger partial charge in [0.05, 0.1) is 4.70 Å². The fraction of sp³-hybridized carbons (Fsp3) is 0.368. The van der Waals surface area contributed by atoms with E-state index in [1.54, 1.807) is 0 Å². The Kier molecular flexibility index (Phi) is 3.60. The molecule has 5 heterocycles. The van der Waals surface area contributed by atoms with Gasteiger partial charge in [0.15, 0.2) is 0 Å². The third-order valence-electron chi connectivity index (χ3n) is 5.55. The molecule has 0 spiro atoms. The molecule has 5 nitrogen and oxygen atoms in total. The van der Waals surface area contributed by atoms with Crippen LogP contribution in [-0.2, 0) is 0 Å². The molecule has 3 fully saturated rings. The molecule has 1 aromatic carbocycles. The van der Waals surface area contributed by atoms with Gasteiger partial charge in [-0.25, -0.2) is 0 Å². The lowest BCUT2D eigenvalue weighted by Gasteiger charge is -2.44. The number of nitrogens with zero attached hydrogens (tertiary/aromatic N) is 3. The first-order valence-electron chi connectivity index (χ1n) is 8.84. The van der Waals surface area contributed by atoms with Crippen LogP contribution in [0, 0.1) is 5.92 Å². The van der Waals surface area contributed by atoms with Gasteiger partial charge < -0.3 is 14.8 Å². The van der Waals surface area contributed by atoms with Crippen molar-refractivity contribution in [3.63, 3.8) is 0 Å². The van der Waals surface area contributed by atoms with E-state index in [1.807, 2.05) is 36.7 Å². The Morgan fingerprint density at radius 2 is 2.00 bits per heavy atom. The number of piperidine rings is 3. The second-order valence-electron chi connectivity index (χ2n) is 7.02. The van der Waals surface area contributed by atoms with Gasteiger partial charge in [0.25, 0.3) is 5.91 Å². The first kappa shape index (κ1) is 15.1. The van der Waals surface area contributed by atoms with Gasteiger partial charge in [0.1, 0.15) is 5.69 Å². The average Bonchev–Trinajstić information content (AvgIpc) is 3.32. The van der Waals surface area contributed by atoms with Crippen LogP contribution in [-0.4, -0.2) is 45.4 Å². The minimum atomic E-state index is -0.0290. The third-order valence-corrected chi connectivity index (χ3v) is 6.35. The van der Waals surface area contributed by atoms with E-state index in [2.05, 4.69) is 25.2 Å². The molecule has 6 rings (SSSR count). The summed E-state index contributed by atoms with van der Waals surface area (Å²) in [6, 6.07) is 10.4. The normalized spacial score (nSPS) is 25.4. The molecule has 128 valence electrons. The summed E-state index contributed by atoms with van der Waals surface area (Å²) in [5, 5.41) is 4.19. The lowest BCUT2D eigenvalue weighted by atomic mass is 9.84. The Labute approximate surface area is 150 Å². The van der Waals surface area contributed by atoms with E-state index in [-0.39, 0.29) is 11.9 Å². The summed E-state index contributed by atoms with van der Waals surface area (Å²) >= 11 is 1.40. The first-order valence-corrected chi connectivity index (χ1v) is 9.61. The SMILES string of the molecule is O=C(N[C@@H]1CN2CCC1CC2)c1nsc2cc(-n3cccc3)ccc12. The fourth-order valence-electron chi connectivity index (χ4n) is 4.12. The van der Waals surface area contributed by atoms with Crippen LogP contribution in [0.2, 0.25) is 0 Å². The molecule has 2 aromatic heterocycles. The van der Waals surface area contributed by atoms with Gasteiger partial charge in [-0.05, 0) is 73.7 Å². The van der Waals surface area contributed by atoms with Crippen LogP contribution in [0.25, 0.3) is 15.8 Å². The van der Waals surface area contributed by atoms with E-state index in [0.29, 0.717) is 11.6 Å².